The largest absolute Gasteiger partial charge is 0.433 e. The first-order valence-corrected chi connectivity index (χ1v) is 7.03. The highest BCUT2D eigenvalue weighted by molar-refractivity contribution is 6.30. The standard InChI is InChI=1S/C16H16ClF2NO/c1-2-13(11-6-5-7-12(17)10-11)20-14-8-3-4-9-15(14)21-16(18)19/h3-10,13,16,20H,2H2,1H3. The summed E-state index contributed by atoms with van der Waals surface area (Å²) in [6.45, 7) is -0.839. The van der Waals surface area contributed by atoms with E-state index >= 15 is 0 Å². The fourth-order valence-corrected chi connectivity index (χ4v) is 2.32. The van der Waals surface area contributed by atoms with Crippen molar-refractivity contribution in [3.63, 3.8) is 0 Å². The number of hydrogen-bond donors (Lipinski definition) is 1. The van der Waals surface area contributed by atoms with Gasteiger partial charge >= 0.3 is 6.61 Å². The van der Waals surface area contributed by atoms with Crippen LogP contribution in [0.4, 0.5) is 14.5 Å². The third-order valence-electron chi connectivity index (χ3n) is 3.09. The highest BCUT2D eigenvalue weighted by atomic mass is 35.5. The van der Waals surface area contributed by atoms with Gasteiger partial charge in [-0.15, -0.1) is 0 Å². The van der Waals surface area contributed by atoms with E-state index < -0.39 is 6.61 Å². The smallest absolute Gasteiger partial charge is 0.387 e. The van der Waals surface area contributed by atoms with Crippen molar-refractivity contribution < 1.29 is 13.5 Å². The van der Waals surface area contributed by atoms with Gasteiger partial charge in [-0.3, -0.25) is 0 Å². The van der Waals surface area contributed by atoms with Gasteiger partial charge in [0.1, 0.15) is 5.75 Å². The van der Waals surface area contributed by atoms with Gasteiger partial charge in [0.15, 0.2) is 0 Å². The number of benzene rings is 2. The Bertz CT molecular complexity index is 592. The molecule has 0 heterocycles. The number of para-hydroxylation sites is 2. The van der Waals surface area contributed by atoms with Gasteiger partial charge in [0, 0.05) is 5.02 Å². The van der Waals surface area contributed by atoms with Crippen LogP contribution in [0.15, 0.2) is 48.5 Å². The van der Waals surface area contributed by atoms with Gasteiger partial charge in [0.05, 0.1) is 11.7 Å². The van der Waals surface area contributed by atoms with Crippen molar-refractivity contribution in [1.82, 2.24) is 0 Å². The summed E-state index contributed by atoms with van der Waals surface area (Å²) in [7, 11) is 0. The third-order valence-corrected chi connectivity index (χ3v) is 3.33. The Morgan fingerprint density at radius 3 is 2.57 bits per heavy atom. The van der Waals surface area contributed by atoms with E-state index in [-0.39, 0.29) is 11.8 Å². The highest BCUT2D eigenvalue weighted by Gasteiger charge is 2.14. The summed E-state index contributed by atoms with van der Waals surface area (Å²) < 4.78 is 29.4. The fourth-order valence-electron chi connectivity index (χ4n) is 2.12. The Hall–Kier alpha value is -1.81. The Kier molecular flexibility index (Phi) is 5.39. The van der Waals surface area contributed by atoms with Gasteiger partial charge in [0.25, 0.3) is 0 Å². The van der Waals surface area contributed by atoms with Crippen molar-refractivity contribution in [2.24, 2.45) is 0 Å². The molecule has 2 aromatic carbocycles. The molecule has 21 heavy (non-hydrogen) atoms. The third kappa shape index (κ3) is 4.33. The topological polar surface area (TPSA) is 21.3 Å². The first-order valence-electron chi connectivity index (χ1n) is 6.66. The summed E-state index contributed by atoms with van der Waals surface area (Å²) in [6, 6.07) is 14.1. The minimum atomic E-state index is -2.85. The van der Waals surface area contributed by atoms with Crippen LogP contribution in [-0.4, -0.2) is 6.61 Å². The van der Waals surface area contributed by atoms with Crippen molar-refractivity contribution in [2.45, 2.75) is 26.0 Å². The summed E-state index contributed by atoms with van der Waals surface area (Å²) in [5.74, 6) is 0.132. The van der Waals surface area contributed by atoms with Crippen molar-refractivity contribution in [1.29, 1.82) is 0 Å². The molecule has 1 N–H and O–H groups in total. The second-order valence-electron chi connectivity index (χ2n) is 4.53. The van der Waals surface area contributed by atoms with Gasteiger partial charge in [-0.1, -0.05) is 42.8 Å². The minimum Gasteiger partial charge on any atom is -0.433 e. The van der Waals surface area contributed by atoms with Crippen LogP contribution < -0.4 is 10.1 Å². The molecule has 0 aliphatic rings. The minimum absolute atomic E-state index is 0.0360. The number of hydrogen-bond acceptors (Lipinski definition) is 2. The Morgan fingerprint density at radius 1 is 1.14 bits per heavy atom. The molecule has 0 saturated heterocycles. The molecule has 0 aromatic heterocycles. The van der Waals surface area contributed by atoms with Gasteiger partial charge < -0.3 is 10.1 Å². The lowest BCUT2D eigenvalue weighted by molar-refractivity contribution is -0.0493. The molecule has 2 nitrogen and oxygen atoms in total. The zero-order chi connectivity index (χ0) is 15.2. The maximum Gasteiger partial charge on any atom is 0.387 e. The maximum absolute atomic E-state index is 12.4. The monoisotopic (exact) mass is 311 g/mol. The predicted molar refractivity (Wildman–Crippen MR) is 81.2 cm³/mol. The van der Waals surface area contributed by atoms with Crippen LogP contribution in [0.1, 0.15) is 24.9 Å². The molecule has 0 fully saturated rings. The van der Waals surface area contributed by atoms with Crippen LogP contribution in [0.5, 0.6) is 5.75 Å². The molecule has 2 aromatic rings. The predicted octanol–water partition coefficient (Wildman–Crippen LogP) is 5.50. The molecule has 0 amide bonds. The molecule has 0 aliphatic heterocycles. The van der Waals surface area contributed by atoms with Crippen LogP contribution in [0, 0.1) is 0 Å². The van der Waals surface area contributed by atoms with E-state index in [1.54, 1.807) is 24.3 Å². The van der Waals surface area contributed by atoms with Crippen LogP contribution in [0.25, 0.3) is 0 Å². The zero-order valence-electron chi connectivity index (χ0n) is 11.5. The number of nitrogens with one attached hydrogen (secondary N) is 1. The van der Waals surface area contributed by atoms with Gasteiger partial charge in [-0.2, -0.15) is 8.78 Å². The second-order valence-corrected chi connectivity index (χ2v) is 4.97. The average Bonchev–Trinajstić information content (AvgIpc) is 2.45. The van der Waals surface area contributed by atoms with E-state index in [0.29, 0.717) is 10.7 Å². The molecule has 0 aliphatic carbocycles. The highest BCUT2D eigenvalue weighted by Crippen LogP contribution is 2.31. The quantitative estimate of drug-likeness (QED) is 0.760. The molecular formula is C16H16ClF2NO. The first-order chi connectivity index (χ1) is 10.1. The van der Waals surface area contributed by atoms with Gasteiger partial charge in [-0.05, 0) is 36.2 Å². The van der Waals surface area contributed by atoms with Crippen LogP contribution in [0.2, 0.25) is 5.02 Å². The van der Waals surface area contributed by atoms with E-state index in [0.717, 1.165) is 12.0 Å². The van der Waals surface area contributed by atoms with Crippen molar-refractivity contribution in [2.75, 3.05) is 5.32 Å². The molecule has 0 radical (unpaired) electrons. The number of ether oxygens (including phenoxy) is 1. The summed E-state index contributed by atoms with van der Waals surface area (Å²) in [5, 5.41) is 3.87. The number of alkyl halides is 2. The molecule has 1 atom stereocenters. The Labute approximate surface area is 127 Å². The van der Waals surface area contributed by atoms with Crippen LogP contribution in [0.3, 0.4) is 0 Å². The number of anilines is 1. The summed E-state index contributed by atoms with van der Waals surface area (Å²) in [6.07, 6.45) is 0.781. The van der Waals surface area contributed by atoms with E-state index in [1.165, 1.54) is 6.07 Å². The molecule has 112 valence electrons. The molecule has 2 rings (SSSR count). The van der Waals surface area contributed by atoms with Crippen LogP contribution in [-0.2, 0) is 0 Å². The SMILES string of the molecule is CCC(Nc1ccccc1OC(F)F)c1cccc(Cl)c1. The summed E-state index contributed by atoms with van der Waals surface area (Å²) >= 11 is 6.00. The lowest BCUT2D eigenvalue weighted by atomic mass is 10.0. The lowest BCUT2D eigenvalue weighted by Crippen LogP contribution is -2.12. The zero-order valence-corrected chi connectivity index (χ0v) is 12.3. The molecule has 5 heteroatoms. The van der Waals surface area contributed by atoms with E-state index in [1.807, 2.05) is 25.1 Å². The normalized spacial score (nSPS) is 12.2. The second kappa shape index (κ2) is 7.27. The van der Waals surface area contributed by atoms with E-state index in [2.05, 4.69) is 10.1 Å². The first kappa shape index (κ1) is 15.6. The number of rotatable bonds is 6. The number of halogens is 3. The van der Waals surface area contributed by atoms with Crippen molar-refractivity contribution >= 4 is 17.3 Å². The summed E-state index contributed by atoms with van der Waals surface area (Å²) in [5.41, 5.74) is 1.53. The lowest BCUT2D eigenvalue weighted by Gasteiger charge is -2.21. The Morgan fingerprint density at radius 2 is 1.90 bits per heavy atom. The van der Waals surface area contributed by atoms with E-state index in [4.69, 9.17) is 11.6 Å². The molecule has 0 bridgehead atoms. The maximum atomic E-state index is 12.4. The van der Waals surface area contributed by atoms with Crippen molar-refractivity contribution in [3.05, 3.63) is 59.1 Å². The molecule has 0 saturated carbocycles. The van der Waals surface area contributed by atoms with Gasteiger partial charge in [-0.25, -0.2) is 0 Å². The van der Waals surface area contributed by atoms with Crippen molar-refractivity contribution in [3.8, 4) is 5.75 Å². The average molecular weight is 312 g/mol. The van der Waals surface area contributed by atoms with E-state index in [9.17, 15) is 8.78 Å². The molecule has 0 spiro atoms. The fraction of sp³-hybridized carbons (Fsp3) is 0.250. The van der Waals surface area contributed by atoms with Crippen LogP contribution >= 0.6 is 11.6 Å². The molecular weight excluding hydrogens is 296 g/mol. The van der Waals surface area contributed by atoms with Gasteiger partial charge in [0.2, 0.25) is 0 Å². The summed E-state index contributed by atoms with van der Waals surface area (Å²) in [4.78, 5) is 0. The molecule has 1 unspecified atom stereocenters. The Balaban J connectivity index is 2.23.